The molecule has 3 aromatic rings. The molecule has 1 aliphatic heterocycles. The Morgan fingerprint density at radius 3 is 2.57 bits per heavy atom. The standard InChI is InChI=1S/C25H30N4O5S/c1-3-5-11-28(21-22(26)29(12-6-4-2)25(32)27-23(21)30)24(31)20-10-9-19(35-20)16-7-8-17-18(15-16)34-14-13-33-17/h7-10,15H,3-6,11-14,26H2,1-2H3,(H,27,30,32). The first kappa shape index (κ1) is 24.6. The number of nitrogens with one attached hydrogen (secondary N) is 1. The van der Waals surface area contributed by atoms with E-state index in [2.05, 4.69) is 4.98 Å². The van der Waals surface area contributed by atoms with Crippen molar-refractivity contribution in [3.05, 3.63) is 56.0 Å². The van der Waals surface area contributed by atoms with Gasteiger partial charge in [0.1, 0.15) is 19.0 Å². The summed E-state index contributed by atoms with van der Waals surface area (Å²) in [5.41, 5.74) is 6.01. The molecule has 2 aromatic heterocycles. The fraction of sp³-hybridized carbons (Fsp3) is 0.400. The van der Waals surface area contributed by atoms with E-state index in [-0.39, 0.29) is 17.4 Å². The molecule has 3 heterocycles. The highest BCUT2D eigenvalue weighted by Gasteiger charge is 2.26. The number of nitrogen functional groups attached to an aromatic ring is 1. The largest absolute Gasteiger partial charge is 0.486 e. The number of aromatic nitrogens is 2. The van der Waals surface area contributed by atoms with Gasteiger partial charge in [-0.1, -0.05) is 26.7 Å². The van der Waals surface area contributed by atoms with Crippen LogP contribution in [0.1, 0.15) is 49.2 Å². The number of amides is 1. The predicted molar refractivity (Wildman–Crippen MR) is 138 cm³/mol. The highest BCUT2D eigenvalue weighted by Crippen LogP contribution is 2.37. The van der Waals surface area contributed by atoms with Gasteiger partial charge < -0.3 is 15.2 Å². The quantitative estimate of drug-likeness (QED) is 0.462. The van der Waals surface area contributed by atoms with E-state index in [1.54, 1.807) is 6.07 Å². The molecule has 3 N–H and O–H groups in total. The first-order valence-electron chi connectivity index (χ1n) is 11.9. The molecule has 35 heavy (non-hydrogen) atoms. The van der Waals surface area contributed by atoms with Gasteiger partial charge in [0.25, 0.3) is 11.5 Å². The number of fused-ring (bicyclic) bond motifs is 1. The number of hydrogen-bond donors (Lipinski definition) is 2. The summed E-state index contributed by atoms with van der Waals surface area (Å²) >= 11 is 1.32. The molecule has 1 amide bonds. The van der Waals surface area contributed by atoms with E-state index in [4.69, 9.17) is 15.2 Å². The molecule has 0 aliphatic carbocycles. The van der Waals surface area contributed by atoms with Crippen LogP contribution in [0, 0.1) is 0 Å². The van der Waals surface area contributed by atoms with Gasteiger partial charge in [-0.15, -0.1) is 11.3 Å². The zero-order chi connectivity index (χ0) is 24.9. The van der Waals surface area contributed by atoms with Crippen LogP contribution in [-0.4, -0.2) is 35.2 Å². The van der Waals surface area contributed by atoms with Gasteiger partial charge in [-0.2, -0.15) is 0 Å². The molecule has 1 aliphatic rings. The highest BCUT2D eigenvalue weighted by molar-refractivity contribution is 7.17. The second-order valence-corrected chi connectivity index (χ2v) is 9.41. The maximum Gasteiger partial charge on any atom is 0.330 e. The summed E-state index contributed by atoms with van der Waals surface area (Å²) in [6, 6.07) is 9.30. The minimum absolute atomic E-state index is 0.0141. The molecular formula is C25H30N4O5S. The lowest BCUT2D eigenvalue weighted by atomic mass is 10.1. The van der Waals surface area contributed by atoms with E-state index in [1.165, 1.54) is 20.8 Å². The maximum atomic E-state index is 13.6. The normalized spacial score (nSPS) is 12.5. The molecule has 4 rings (SSSR count). The minimum Gasteiger partial charge on any atom is -0.486 e. The van der Waals surface area contributed by atoms with Crippen LogP contribution in [0.2, 0.25) is 0 Å². The maximum absolute atomic E-state index is 13.6. The van der Waals surface area contributed by atoms with Crippen molar-refractivity contribution in [1.29, 1.82) is 0 Å². The molecule has 9 nitrogen and oxygen atoms in total. The van der Waals surface area contributed by atoms with Gasteiger partial charge in [-0.05, 0) is 48.7 Å². The number of anilines is 2. The van der Waals surface area contributed by atoms with Crippen LogP contribution in [0.25, 0.3) is 10.4 Å². The topological polar surface area (TPSA) is 120 Å². The summed E-state index contributed by atoms with van der Waals surface area (Å²) < 4.78 is 12.6. The fourth-order valence-electron chi connectivity index (χ4n) is 3.95. The number of benzene rings is 1. The van der Waals surface area contributed by atoms with Crippen LogP contribution in [-0.2, 0) is 6.54 Å². The minimum atomic E-state index is -0.659. The summed E-state index contributed by atoms with van der Waals surface area (Å²) in [6.45, 7) is 5.70. The number of thiophene rings is 1. The summed E-state index contributed by atoms with van der Waals surface area (Å²) in [7, 11) is 0. The van der Waals surface area contributed by atoms with Crippen molar-refractivity contribution < 1.29 is 14.3 Å². The average molecular weight is 499 g/mol. The van der Waals surface area contributed by atoms with E-state index >= 15 is 0 Å². The van der Waals surface area contributed by atoms with Crippen LogP contribution in [0.3, 0.4) is 0 Å². The summed E-state index contributed by atoms with van der Waals surface area (Å²) in [5.74, 6) is 1.06. The van der Waals surface area contributed by atoms with E-state index < -0.39 is 11.2 Å². The second-order valence-electron chi connectivity index (χ2n) is 8.33. The Hall–Kier alpha value is -3.53. The predicted octanol–water partition coefficient (Wildman–Crippen LogP) is 3.87. The number of H-pyrrole nitrogens is 1. The van der Waals surface area contributed by atoms with Crippen LogP contribution in [0.5, 0.6) is 11.5 Å². The third kappa shape index (κ3) is 5.12. The number of nitrogens with two attached hydrogens (primary N) is 1. The smallest absolute Gasteiger partial charge is 0.330 e. The number of carbonyl (C=O) groups is 1. The van der Waals surface area contributed by atoms with Crippen molar-refractivity contribution >= 4 is 28.7 Å². The summed E-state index contributed by atoms with van der Waals surface area (Å²) in [4.78, 5) is 43.9. The Labute approximate surface area is 207 Å². The zero-order valence-electron chi connectivity index (χ0n) is 20.0. The van der Waals surface area contributed by atoms with E-state index in [0.29, 0.717) is 49.1 Å². The first-order valence-corrected chi connectivity index (χ1v) is 12.7. The molecule has 0 bridgehead atoms. The lowest BCUT2D eigenvalue weighted by Crippen LogP contribution is -2.41. The number of carbonyl (C=O) groups excluding carboxylic acids is 1. The molecule has 0 saturated carbocycles. The van der Waals surface area contributed by atoms with Crippen molar-refractivity contribution in [3.8, 4) is 21.9 Å². The van der Waals surface area contributed by atoms with Gasteiger partial charge in [-0.3, -0.25) is 24.0 Å². The van der Waals surface area contributed by atoms with Crippen LogP contribution in [0.4, 0.5) is 11.5 Å². The number of ether oxygens (including phenoxy) is 2. The Morgan fingerprint density at radius 1 is 1.09 bits per heavy atom. The molecule has 0 fully saturated rings. The van der Waals surface area contributed by atoms with Gasteiger partial charge in [0.05, 0.1) is 4.88 Å². The van der Waals surface area contributed by atoms with Crippen molar-refractivity contribution in [2.24, 2.45) is 0 Å². The average Bonchev–Trinajstić information content (AvgIpc) is 3.35. The molecule has 0 radical (unpaired) electrons. The molecule has 0 atom stereocenters. The van der Waals surface area contributed by atoms with Crippen molar-refractivity contribution in [2.45, 2.75) is 46.1 Å². The number of aromatic amines is 1. The number of nitrogens with zero attached hydrogens (tertiary/aromatic N) is 2. The van der Waals surface area contributed by atoms with Crippen LogP contribution >= 0.6 is 11.3 Å². The molecule has 0 saturated heterocycles. The SMILES string of the molecule is CCCCN(C(=O)c1ccc(-c2ccc3c(c2)OCCO3)s1)c1c(N)n(CCCC)c(=O)[nH]c1=O. The van der Waals surface area contributed by atoms with Crippen molar-refractivity contribution in [2.75, 3.05) is 30.4 Å². The first-order chi connectivity index (χ1) is 16.9. The monoisotopic (exact) mass is 498 g/mol. The van der Waals surface area contributed by atoms with E-state index in [1.807, 2.05) is 38.1 Å². The van der Waals surface area contributed by atoms with E-state index in [0.717, 1.165) is 29.7 Å². The Kier molecular flexibility index (Phi) is 7.60. The van der Waals surface area contributed by atoms with Crippen LogP contribution in [0.15, 0.2) is 39.9 Å². The van der Waals surface area contributed by atoms with Gasteiger partial charge in [0.2, 0.25) is 0 Å². The number of unbranched alkanes of at least 4 members (excludes halogenated alkanes) is 2. The van der Waals surface area contributed by atoms with Gasteiger partial charge in [0.15, 0.2) is 17.2 Å². The Bertz CT molecular complexity index is 1330. The van der Waals surface area contributed by atoms with Crippen molar-refractivity contribution in [1.82, 2.24) is 9.55 Å². The van der Waals surface area contributed by atoms with Gasteiger partial charge in [-0.25, -0.2) is 4.79 Å². The molecule has 1 aromatic carbocycles. The van der Waals surface area contributed by atoms with Gasteiger partial charge in [0, 0.05) is 18.0 Å². The molecule has 0 spiro atoms. The fourth-order valence-corrected chi connectivity index (χ4v) is 4.90. The summed E-state index contributed by atoms with van der Waals surface area (Å²) in [5, 5.41) is 0. The van der Waals surface area contributed by atoms with Crippen molar-refractivity contribution in [3.63, 3.8) is 0 Å². The Balaban J connectivity index is 1.69. The number of rotatable bonds is 9. The van der Waals surface area contributed by atoms with Crippen LogP contribution < -0.4 is 31.4 Å². The highest BCUT2D eigenvalue weighted by atomic mass is 32.1. The lowest BCUT2D eigenvalue weighted by Gasteiger charge is -2.24. The third-order valence-corrected chi connectivity index (χ3v) is 6.97. The molecule has 186 valence electrons. The molecular weight excluding hydrogens is 468 g/mol. The second kappa shape index (κ2) is 10.8. The Morgan fingerprint density at radius 2 is 1.83 bits per heavy atom. The van der Waals surface area contributed by atoms with Gasteiger partial charge >= 0.3 is 5.69 Å². The molecule has 10 heteroatoms. The third-order valence-electron chi connectivity index (χ3n) is 5.84. The number of hydrogen-bond acceptors (Lipinski definition) is 7. The zero-order valence-corrected chi connectivity index (χ0v) is 20.8. The lowest BCUT2D eigenvalue weighted by molar-refractivity contribution is 0.0990. The molecule has 0 unspecified atom stereocenters. The summed E-state index contributed by atoms with van der Waals surface area (Å²) in [6.07, 6.45) is 3.09. The van der Waals surface area contributed by atoms with E-state index in [9.17, 15) is 14.4 Å².